The third-order valence-corrected chi connectivity index (χ3v) is 4.37. The first kappa shape index (κ1) is 16.5. The van der Waals surface area contributed by atoms with Gasteiger partial charge in [0.25, 0.3) is 0 Å². The summed E-state index contributed by atoms with van der Waals surface area (Å²) < 4.78 is 13.7. The normalized spacial score (nSPS) is 23.0. The highest BCUT2D eigenvalue weighted by molar-refractivity contribution is 7.80. The van der Waals surface area contributed by atoms with Gasteiger partial charge >= 0.3 is 0 Å². The molecule has 1 atom stereocenters. The molecule has 0 spiro atoms. The fraction of sp³-hybridized carbons (Fsp3) is 0.333. The highest BCUT2D eigenvalue weighted by Gasteiger charge is 2.56. The summed E-state index contributed by atoms with van der Waals surface area (Å²) in [6, 6.07) is 4.76. The number of nitrogens with zero attached hydrogens (tertiary/aromatic N) is 2. The summed E-state index contributed by atoms with van der Waals surface area (Å²) in [4.78, 5) is 37.0. The lowest BCUT2D eigenvalue weighted by Crippen LogP contribution is -2.71. The molecule has 2 heterocycles. The Morgan fingerprint density at radius 2 is 2.04 bits per heavy atom. The zero-order chi connectivity index (χ0) is 17.6. The second-order valence-corrected chi connectivity index (χ2v) is 6.44. The summed E-state index contributed by atoms with van der Waals surface area (Å²) in [7, 11) is 0. The molecule has 2 fully saturated rings. The Balaban J connectivity index is 1.92. The highest BCUT2D eigenvalue weighted by atomic mass is 32.1. The van der Waals surface area contributed by atoms with Crippen LogP contribution in [0.3, 0.4) is 0 Å². The molecule has 9 heteroatoms. The Kier molecular flexibility index (Phi) is 3.84. The van der Waals surface area contributed by atoms with E-state index in [2.05, 4.69) is 10.6 Å². The molecule has 7 nitrogen and oxygen atoms in total. The van der Waals surface area contributed by atoms with Gasteiger partial charge in [-0.1, -0.05) is 12.1 Å². The molecule has 0 aliphatic carbocycles. The van der Waals surface area contributed by atoms with Crippen LogP contribution in [0.25, 0.3) is 0 Å². The average Bonchev–Trinajstić information content (AvgIpc) is 2.87. The number of fused-ring (bicyclic) bond motifs is 1. The minimum Gasteiger partial charge on any atom is -0.322 e. The minimum absolute atomic E-state index is 0.00948. The van der Waals surface area contributed by atoms with Crippen LogP contribution < -0.4 is 10.6 Å². The number of hydrazine groups is 1. The molecule has 0 bridgehead atoms. The van der Waals surface area contributed by atoms with Crippen LogP contribution in [0.2, 0.25) is 0 Å². The number of nitrogens with one attached hydrogen (secondary N) is 2. The van der Waals surface area contributed by atoms with Gasteiger partial charge in [0.15, 0.2) is 5.11 Å². The van der Waals surface area contributed by atoms with E-state index in [4.69, 9.17) is 12.2 Å². The quantitative estimate of drug-likeness (QED) is 0.770. The number of carbonyl (C=O) groups is 3. The third-order valence-electron chi connectivity index (χ3n) is 4.09. The number of amides is 3. The first-order valence-corrected chi connectivity index (χ1v) is 7.67. The average molecular weight is 350 g/mol. The van der Waals surface area contributed by atoms with Crippen LogP contribution in [0.5, 0.6) is 0 Å². The smallest absolute Gasteiger partial charge is 0.248 e. The second-order valence-electron chi connectivity index (χ2n) is 6.06. The van der Waals surface area contributed by atoms with Crippen LogP contribution >= 0.6 is 12.2 Å². The van der Waals surface area contributed by atoms with Gasteiger partial charge in [-0.3, -0.25) is 19.7 Å². The molecule has 0 unspecified atom stereocenters. The Hall–Kier alpha value is -2.39. The van der Waals surface area contributed by atoms with E-state index in [1.165, 1.54) is 23.2 Å². The number of rotatable bonds is 2. The van der Waals surface area contributed by atoms with Gasteiger partial charge in [0.2, 0.25) is 17.7 Å². The van der Waals surface area contributed by atoms with Crippen molar-refractivity contribution >= 4 is 40.7 Å². The monoisotopic (exact) mass is 350 g/mol. The van der Waals surface area contributed by atoms with Crippen LogP contribution in [0.15, 0.2) is 24.3 Å². The van der Waals surface area contributed by atoms with E-state index in [0.29, 0.717) is 0 Å². The predicted octanol–water partition coefficient (Wildman–Crippen LogP) is 0.775. The first-order valence-electron chi connectivity index (χ1n) is 7.26. The first-order chi connectivity index (χ1) is 11.2. The molecule has 3 rings (SSSR count). The van der Waals surface area contributed by atoms with E-state index in [-0.39, 0.29) is 17.2 Å². The fourth-order valence-corrected chi connectivity index (χ4v) is 3.12. The van der Waals surface area contributed by atoms with Gasteiger partial charge in [-0.25, -0.2) is 9.40 Å². The summed E-state index contributed by atoms with van der Waals surface area (Å²) in [5.74, 6) is -1.98. The third kappa shape index (κ3) is 2.45. The van der Waals surface area contributed by atoms with Crippen molar-refractivity contribution in [2.45, 2.75) is 31.8 Å². The van der Waals surface area contributed by atoms with E-state index < -0.39 is 35.1 Å². The molecule has 24 heavy (non-hydrogen) atoms. The number of hydrogen-bond acceptors (Lipinski definition) is 5. The molecule has 0 saturated carbocycles. The summed E-state index contributed by atoms with van der Waals surface area (Å²) in [6.07, 6.45) is -0.154. The Bertz CT molecular complexity index is 767. The van der Waals surface area contributed by atoms with Crippen molar-refractivity contribution in [1.82, 2.24) is 15.3 Å². The molecular formula is C15H15FN4O3S. The molecule has 0 radical (unpaired) electrons. The number of benzene rings is 1. The van der Waals surface area contributed by atoms with E-state index >= 15 is 0 Å². The maximum absolute atomic E-state index is 13.7. The topological polar surface area (TPSA) is 81.8 Å². The van der Waals surface area contributed by atoms with Gasteiger partial charge in [0.05, 0.1) is 12.1 Å². The van der Waals surface area contributed by atoms with Gasteiger partial charge in [-0.15, -0.1) is 0 Å². The molecule has 0 aromatic heterocycles. The largest absolute Gasteiger partial charge is 0.322 e. The number of para-hydroxylation sites is 1. The van der Waals surface area contributed by atoms with Crippen LogP contribution in [0.4, 0.5) is 10.1 Å². The molecule has 2 aliphatic rings. The molecule has 1 aromatic rings. The van der Waals surface area contributed by atoms with Crippen molar-refractivity contribution in [2.75, 3.05) is 5.32 Å². The summed E-state index contributed by atoms with van der Waals surface area (Å²) >= 11 is 5.03. The molecule has 2 saturated heterocycles. The van der Waals surface area contributed by atoms with Crippen molar-refractivity contribution in [1.29, 1.82) is 0 Å². The van der Waals surface area contributed by atoms with Gasteiger partial charge < -0.3 is 5.32 Å². The lowest BCUT2D eigenvalue weighted by molar-refractivity contribution is -0.154. The van der Waals surface area contributed by atoms with E-state index in [0.717, 1.165) is 5.01 Å². The van der Waals surface area contributed by atoms with Crippen LogP contribution in [-0.4, -0.2) is 44.4 Å². The van der Waals surface area contributed by atoms with Crippen LogP contribution in [-0.2, 0) is 14.4 Å². The van der Waals surface area contributed by atoms with Crippen LogP contribution in [0.1, 0.15) is 20.3 Å². The molecule has 1 aromatic carbocycles. The van der Waals surface area contributed by atoms with Crippen molar-refractivity contribution in [3.05, 3.63) is 30.1 Å². The standard InChI is InChI=1S/C15H15FN4O3S/c1-15(2)13(23)18-14(24)19-11(21)7-10(20(15)19)12(22)17-9-6-4-3-5-8(9)16/h3-6,10H,7H2,1-2H3,(H,17,22)(H,18,23,24)/t10-/m1/s1. The SMILES string of the molecule is CC1(C)C(=O)NC(=S)N2C(=O)C[C@H](C(=O)Nc3ccccc3F)N21. The van der Waals surface area contributed by atoms with Gasteiger partial charge in [0, 0.05) is 0 Å². The zero-order valence-corrected chi connectivity index (χ0v) is 13.8. The number of thiocarbonyl (C=S) groups is 1. The number of carbonyl (C=O) groups excluding carboxylic acids is 3. The number of halogens is 1. The predicted molar refractivity (Wildman–Crippen MR) is 86.9 cm³/mol. The van der Waals surface area contributed by atoms with Gasteiger partial charge in [0.1, 0.15) is 17.4 Å². The highest BCUT2D eigenvalue weighted by Crippen LogP contribution is 2.33. The van der Waals surface area contributed by atoms with Gasteiger partial charge in [-0.05, 0) is 38.2 Å². The molecule has 2 aliphatic heterocycles. The Morgan fingerprint density at radius 1 is 1.38 bits per heavy atom. The van der Waals surface area contributed by atoms with Crippen molar-refractivity contribution in [2.24, 2.45) is 0 Å². The maximum Gasteiger partial charge on any atom is 0.248 e. The number of hydrogen-bond donors (Lipinski definition) is 2. The molecule has 3 amide bonds. The van der Waals surface area contributed by atoms with Gasteiger partial charge in [-0.2, -0.15) is 5.01 Å². The van der Waals surface area contributed by atoms with E-state index in [1.807, 2.05) is 0 Å². The Labute approximate surface area is 142 Å². The minimum atomic E-state index is -1.16. The number of anilines is 1. The van der Waals surface area contributed by atoms with E-state index in [9.17, 15) is 18.8 Å². The van der Waals surface area contributed by atoms with E-state index in [1.54, 1.807) is 19.9 Å². The van der Waals surface area contributed by atoms with Crippen molar-refractivity contribution in [3.63, 3.8) is 0 Å². The molecular weight excluding hydrogens is 335 g/mol. The van der Waals surface area contributed by atoms with Crippen molar-refractivity contribution < 1.29 is 18.8 Å². The van der Waals surface area contributed by atoms with Crippen LogP contribution in [0, 0.1) is 5.82 Å². The lowest BCUT2D eigenvalue weighted by atomic mass is 10.00. The second kappa shape index (κ2) is 5.60. The maximum atomic E-state index is 13.7. The molecule has 2 N–H and O–H groups in total. The Morgan fingerprint density at radius 3 is 2.71 bits per heavy atom. The zero-order valence-electron chi connectivity index (χ0n) is 13.0. The summed E-state index contributed by atoms with van der Waals surface area (Å²) in [6.45, 7) is 3.16. The lowest BCUT2D eigenvalue weighted by Gasteiger charge is -2.45. The molecule has 126 valence electrons. The summed E-state index contributed by atoms with van der Waals surface area (Å²) in [5.41, 5.74) is -1.15. The fourth-order valence-electron chi connectivity index (χ4n) is 2.84. The van der Waals surface area contributed by atoms with Crippen molar-refractivity contribution in [3.8, 4) is 0 Å². The summed E-state index contributed by atoms with van der Waals surface area (Å²) in [5, 5.41) is 7.33.